The summed E-state index contributed by atoms with van der Waals surface area (Å²) in [6, 6.07) is 11.1. The molecule has 0 saturated heterocycles. The SMILES string of the molecule is CCC(OCc1ccc(F)cc1)c1sc(-c2ccc(C(F)(F)F)cc2)nc1C. The van der Waals surface area contributed by atoms with E-state index in [-0.39, 0.29) is 11.9 Å². The Morgan fingerprint density at radius 1 is 1.04 bits per heavy atom. The predicted octanol–water partition coefficient (Wildman–Crippen LogP) is 6.94. The zero-order valence-electron chi connectivity index (χ0n) is 15.4. The van der Waals surface area contributed by atoms with Gasteiger partial charge in [-0.25, -0.2) is 9.37 Å². The van der Waals surface area contributed by atoms with E-state index in [9.17, 15) is 17.6 Å². The summed E-state index contributed by atoms with van der Waals surface area (Å²) in [7, 11) is 0. The Balaban J connectivity index is 1.76. The number of benzene rings is 2. The van der Waals surface area contributed by atoms with Crippen LogP contribution in [0.4, 0.5) is 17.6 Å². The number of aromatic nitrogens is 1. The van der Waals surface area contributed by atoms with E-state index in [1.807, 2.05) is 13.8 Å². The van der Waals surface area contributed by atoms with Crippen LogP contribution in [0.5, 0.6) is 0 Å². The van der Waals surface area contributed by atoms with Crippen LogP contribution in [0.15, 0.2) is 48.5 Å². The fourth-order valence-electron chi connectivity index (χ4n) is 2.79. The topological polar surface area (TPSA) is 22.1 Å². The second-order valence-corrected chi connectivity index (χ2v) is 7.41. The molecule has 0 spiro atoms. The van der Waals surface area contributed by atoms with E-state index in [2.05, 4.69) is 4.98 Å². The summed E-state index contributed by atoms with van der Waals surface area (Å²) in [6.45, 7) is 4.20. The van der Waals surface area contributed by atoms with Gasteiger partial charge in [0.25, 0.3) is 0 Å². The summed E-state index contributed by atoms with van der Waals surface area (Å²) >= 11 is 1.42. The number of ether oxygens (including phenoxy) is 1. The average molecular weight is 409 g/mol. The standard InChI is InChI=1S/C21H19F4NOS/c1-3-18(27-12-14-4-10-17(22)11-5-14)19-13(2)26-20(28-19)15-6-8-16(9-7-15)21(23,24)25/h4-11,18H,3,12H2,1-2H3. The van der Waals surface area contributed by atoms with Crippen LogP contribution < -0.4 is 0 Å². The van der Waals surface area contributed by atoms with E-state index in [4.69, 9.17) is 4.74 Å². The molecule has 3 rings (SSSR count). The van der Waals surface area contributed by atoms with Gasteiger partial charge in [0.15, 0.2) is 0 Å². The van der Waals surface area contributed by atoms with Crippen molar-refractivity contribution in [3.8, 4) is 10.6 Å². The highest BCUT2D eigenvalue weighted by molar-refractivity contribution is 7.15. The Labute approximate surface area is 164 Å². The molecule has 7 heteroatoms. The van der Waals surface area contributed by atoms with Gasteiger partial charge in [-0.1, -0.05) is 31.2 Å². The van der Waals surface area contributed by atoms with Gasteiger partial charge in [0, 0.05) is 5.56 Å². The van der Waals surface area contributed by atoms with Gasteiger partial charge in [-0.15, -0.1) is 11.3 Å². The van der Waals surface area contributed by atoms with Crippen LogP contribution in [-0.2, 0) is 17.5 Å². The molecule has 2 aromatic carbocycles. The van der Waals surface area contributed by atoms with Crippen LogP contribution in [0, 0.1) is 12.7 Å². The lowest BCUT2D eigenvalue weighted by atomic mass is 10.1. The summed E-state index contributed by atoms with van der Waals surface area (Å²) in [5.41, 5.74) is 1.62. The first-order valence-electron chi connectivity index (χ1n) is 8.79. The number of halogens is 4. The minimum atomic E-state index is -4.36. The lowest BCUT2D eigenvalue weighted by molar-refractivity contribution is -0.137. The first-order chi connectivity index (χ1) is 13.3. The molecular formula is C21H19F4NOS. The molecule has 0 amide bonds. The molecule has 1 atom stereocenters. The summed E-state index contributed by atoms with van der Waals surface area (Å²) in [5.74, 6) is -0.296. The highest BCUT2D eigenvalue weighted by Gasteiger charge is 2.30. The van der Waals surface area contributed by atoms with E-state index in [0.717, 1.165) is 34.7 Å². The van der Waals surface area contributed by atoms with E-state index < -0.39 is 11.7 Å². The van der Waals surface area contributed by atoms with Gasteiger partial charge in [-0.2, -0.15) is 13.2 Å². The third-order valence-corrected chi connectivity index (χ3v) is 5.62. The third kappa shape index (κ3) is 4.77. The fourth-order valence-corrected chi connectivity index (χ4v) is 3.99. The summed E-state index contributed by atoms with van der Waals surface area (Å²) in [4.78, 5) is 5.46. The largest absolute Gasteiger partial charge is 0.416 e. The molecule has 28 heavy (non-hydrogen) atoms. The summed E-state index contributed by atoms with van der Waals surface area (Å²) < 4.78 is 57.2. The molecule has 0 aliphatic heterocycles. The van der Waals surface area contributed by atoms with Gasteiger partial charge in [0.05, 0.1) is 28.8 Å². The zero-order chi connectivity index (χ0) is 20.3. The quantitative estimate of drug-likeness (QED) is 0.411. The number of aryl methyl sites for hydroxylation is 1. The number of rotatable bonds is 6. The van der Waals surface area contributed by atoms with Crippen molar-refractivity contribution < 1.29 is 22.3 Å². The molecule has 0 saturated carbocycles. The fraction of sp³-hybridized carbons (Fsp3) is 0.286. The van der Waals surface area contributed by atoms with Crippen molar-refractivity contribution in [2.24, 2.45) is 0 Å². The second kappa shape index (κ2) is 8.41. The number of alkyl halides is 3. The highest BCUT2D eigenvalue weighted by Crippen LogP contribution is 2.36. The molecule has 1 aromatic heterocycles. The minimum Gasteiger partial charge on any atom is -0.368 e. The lowest BCUT2D eigenvalue weighted by Gasteiger charge is -2.15. The van der Waals surface area contributed by atoms with E-state index in [1.165, 1.54) is 35.6 Å². The number of hydrogen-bond donors (Lipinski definition) is 0. The Kier molecular flexibility index (Phi) is 6.15. The van der Waals surface area contributed by atoms with Crippen molar-refractivity contribution in [1.29, 1.82) is 0 Å². The minimum absolute atomic E-state index is 0.189. The molecule has 0 aliphatic rings. The van der Waals surface area contributed by atoms with E-state index in [1.54, 1.807) is 12.1 Å². The Hall–Kier alpha value is -2.25. The van der Waals surface area contributed by atoms with Crippen molar-refractivity contribution in [1.82, 2.24) is 4.98 Å². The van der Waals surface area contributed by atoms with Crippen LogP contribution >= 0.6 is 11.3 Å². The molecule has 0 N–H and O–H groups in total. The maximum Gasteiger partial charge on any atom is 0.416 e. The van der Waals surface area contributed by atoms with Crippen LogP contribution in [0.3, 0.4) is 0 Å². The van der Waals surface area contributed by atoms with Gasteiger partial charge in [-0.05, 0) is 43.2 Å². The normalized spacial score (nSPS) is 12.9. The molecule has 0 aliphatic carbocycles. The Bertz CT molecular complexity index is 917. The third-order valence-electron chi connectivity index (χ3n) is 4.32. The molecule has 0 fully saturated rings. The van der Waals surface area contributed by atoms with Crippen LogP contribution in [0.25, 0.3) is 10.6 Å². The van der Waals surface area contributed by atoms with Gasteiger partial charge >= 0.3 is 6.18 Å². The Morgan fingerprint density at radius 2 is 1.68 bits per heavy atom. The number of thiazole rings is 1. The predicted molar refractivity (Wildman–Crippen MR) is 102 cm³/mol. The molecule has 2 nitrogen and oxygen atoms in total. The van der Waals surface area contributed by atoms with E-state index in [0.29, 0.717) is 17.2 Å². The highest BCUT2D eigenvalue weighted by atomic mass is 32.1. The Morgan fingerprint density at radius 3 is 2.25 bits per heavy atom. The number of nitrogens with zero attached hydrogens (tertiary/aromatic N) is 1. The molecule has 3 aromatic rings. The first-order valence-corrected chi connectivity index (χ1v) is 9.60. The van der Waals surface area contributed by atoms with Crippen molar-refractivity contribution in [3.63, 3.8) is 0 Å². The molecule has 1 unspecified atom stereocenters. The number of hydrogen-bond acceptors (Lipinski definition) is 3. The maximum absolute atomic E-state index is 13.0. The monoisotopic (exact) mass is 409 g/mol. The molecule has 148 valence electrons. The smallest absolute Gasteiger partial charge is 0.368 e. The summed E-state index contributed by atoms with van der Waals surface area (Å²) in [6.07, 6.45) is -3.83. The maximum atomic E-state index is 13.0. The van der Waals surface area contributed by atoms with Crippen molar-refractivity contribution in [2.75, 3.05) is 0 Å². The van der Waals surface area contributed by atoms with E-state index >= 15 is 0 Å². The average Bonchev–Trinajstić information content (AvgIpc) is 3.05. The van der Waals surface area contributed by atoms with Crippen molar-refractivity contribution >= 4 is 11.3 Å². The summed E-state index contributed by atoms with van der Waals surface area (Å²) in [5, 5.41) is 0.657. The second-order valence-electron chi connectivity index (χ2n) is 6.38. The van der Waals surface area contributed by atoms with Crippen LogP contribution in [-0.4, -0.2) is 4.98 Å². The van der Waals surface area contributed by atoms with Gasteiger partial charge in [0.1, 0.15) is 10.8 Å². The van der Waals surface area contributed by atoms with Crippen LogP contribution in [0.1, 0.15) is 41.1 Å². The molecular weight excluding hydrogens is 390 g/mol. The van der Waals surface area contributed by atoms with Crippen molar-refractivity contribution in [2.45, 2.75) is 39.2 Å². The van der Waals surface area contributed by atoms with Crippen LogP contribution in [0.2, 0.25) is 0 Å². The van der Waals surface area contributed by atoms with Gasteiger partial charge in [0.2, 0.25) is 0 Å². The first kappa shape index (κ1) is 20.5. The van der Waals surface area contributed by atoms with Gasteiger partial charge < -0.3 is 4.74 Å². The lowest BCUT2D eigenvalue weighted by Crippen LogP contribution is -2.03. The molecule has 0 radical (unpaired) electrons. The molecule has 0 bridgehead atoms. The molecule has 1 heterocycles. The van der Waals surface area contributed by atoms with Crippen molar-refractivity contribution in [3.05, 3.63) is 76.0 Å². The zero-order valence-corrected chi connectivity index (χ0v) is 16.2. The van der Waals surface area contributed by atoms with Gasteiger partial charge in [-0.3, -0.25) is 0 Å².